The summed E-state index contributed by atoms with van der Waals surface area (Å²) in [6.45, 7) is -6.41. The van der Waals surface area contributed by atoms with Crippen LogP contribution in [-0.4, -0.2) is 74.3 Å². The number of morpholine rings is 1. The van der Waals surface area contributed by atoms with Gasteiger partial charge in [0.1, 0.15) is 11.5 Å². The molecule has 2 saturated heterocycles. The lowest BCUT2D eigenvalue weighted by Crippen LogP contribution is -2.48. The fourth-order valence-corrected chi connectivity index (χ4v) is 5.12. The number of aromatic nitrogens is 1. The van der Waals surface area contributed by atoms with E-state index in [1.165, 1.54) is 23.2 Å². The third-order valence-electron chi connectivity index (χ3n) is 6.91. The molecule has 3 heterocycles. The number of piperidine rings is 1. The molecular weight excluding hydrogens is 435 g/mol. The number of carbonyl (C=O) groups excluding carboxylic acids is 1. The second-order valence-electron chi connectivity index (χ2n) is 8.74. The normalized spacial score (nSPS) is 32.6. The van der Waals surface area contributed by atoms with Crippen molar-refractivity contribution in [3.05, 3.63) is 36.0 Å². The van der Waals surface area contributed by atoms with Gasteiger partial charge in [0.25, 0.3) is 0 Å². The summed E-state index contributed by atoms with van der Waals surface area (Å²) in [4.78, 5) is 20.1. The molecule has 2 aromatic rings. The van der Waals surface area contributed by atoms with Crippen molar-refractivity contribution < 1.29 is 29.6 Å². The molecule has 0 spiro atoms. The molecule has 1 N–H and O–H groups in total. The van der Waals surface area contributed by atoms with Gasteiger partial charge >= 0.3 is 6.18 Å². The Kier molecular flexibility index (Phi) is 3.82. The van der Waals surface area contributed by atoms with Gasteiger partial charge in [-0.2, -0.15) is 18.4 Å². The molecule has 174 valence electrons. The monoisotopic (exact) mass is 464 g/mol. The molecule has 10 heteroatoms. The maximum absolute atomic E-state index is 14.4. The van der Waals surface area contributed by atoms with E-state index in [1.54, 1.807) is 12.1 Å². The van der Waals surface area contributed by atoms with Gasteiger partial charge in [-0.1, -0.05) is 0 Å². The van der Waals surface area contributed by atoms with E-state index in [1.807, 2.05) is 6.07 Å². The van der Waals surface area contributed by atoms with Gasteiger partial charge in [0.05, 0.1) is 31.9 Å². The van der Waals surface area contributed by atoms with E-state index in [4.69, 9.17) is 11.6 Å². The lowest BCUT2D eigenvalue weighted by molar-refractivity contribution is -0.191. The predicted molar refractivity (Wildman–Crippen MR) is 114 cm³/mol. The molecule has 1 saturated carbocycles. The molecule has 3 fully saturated rings. The van der Waals surface area contributed by atoms with E-state index in [9.17, 15) is 23.2 Å². The maximum atomic E-state index is 14.4. The Balaban J connectivity index is 1.43. The van der Waals surface area contributed by atoms with Crippen LogP contribution in [0.5, 0.6) is 0 Å². The van der Waals surface area contributed by atoms with E-state index in [-0.39, 0.29) is 31.8 Å². The van der Waals surface area contributed by atoms with Gasteiger partial charge in [-0.05, 0) is 37.7 Å². The highest BCUT2D eigenvalue weighted by atomic mass is 19.4. The number of pyridine rings is 1. The van der Waals surface area contributed by atoms with Crippen molar-refractivity contribution in [1.29, 1.82) is 5.26 Å². The van der Waals surface area contributed by atoms with E-state index in [0.717, 1.165) is 4.90 Å². The number of rotatable bonds is 4. The first-order valence-corrected chi connectivity index (χ1v) is 10.4. The first kappa shape index (κ1) is 16.7. The number of anilines is 1. The number of amides is 1. The van der Waals surface area contributed by atoms with Crippen molar-refractivity contribution in [2.45, 2.75) is 18.7 Å². The number of hydrogen-bond donors (Lipinski definition) is 1. The van der Waals surface area contributed by atoms with E-state index in [0.29, 0.717) is 16.6 Å². The minimum absolute atomic E-state index is 0.0283. The fraction of sp³-hybridized carbons (Fsp3) is 0.522. The molecule has 1 aliphatic carbocycles. The second kappa shape index (κ2) is 7.57. The number of ether oxygens (including phenoxy) is 1. The van der Waals surface area contributed by atoms with E-state index < -0.39 is 55.5 Å². The van der Waals surface area contributed by atoms with Gasteiger partial charge in [0.2, 0.25) is 5.91 Å². The smallest absolute Gasteiger partial charge is 0.374 e. The highest BCUT2D eigenvalue weighted by molar-refractivity contribution is 5.97. The molecule has 3 aliphatic rings. The number of nitriles is 1. The molecule has 0 radical (unpaired) electrons. The first-order chi connectivity index (χ1) is 17.7. The third-order valence-corrected chi connectivity index (χ3v) is 6.91. The Morgan fingerprint density at radius 3 is 3.06 bits per heavy atom. The molecule has 5 rings (SSSR count). The van der Waals surface area contributed by atoms with Gasteiger partial charge in [-0.25, -0.2) is 0 Å². The summed E-state index contributed by atoms with van der Waals surface area (Å²) in [6, 6.07) is 8.26. The van der Waals surface area contributed by atoms with Crippen LogP contribution >= 0.6 is 0 Å². The lowest BCUT2D eigenvalue weighted by atomic mass is 9.94. The zero-order valence-electron chi connectivity index (χ0n) is 22.4. The molecular formula is C23H24F3N5O2. The molecule has 3 atom stereocenters. The van der Waals surface area contributed by atoms with Gasteiger partial charge in [-0.15, -0.1) is 0 Å². The maximum Gasteiger partial charge on any atom is 0.397 e. The van der Waals surface area contributed by atoms with Crippen LogP contribution in [0.4, 0.5) is 18.9 Å². The van der Waals surface area contributed by atoms with Crippen LogP contribution in [0, 0.1) is 22.2 Å². The summed E-state index contributed by atoms with van der Waals surface area (Å²) < 4.78 is 88.1. The van der Waals surface area contributed by atoms with Crippen LogP contribution in [0.3, 0.4) is 0 Å². The molecule has 2 aliphatic heterocycles. The number of likely N-dealkylation sites (N-methyl/N-ethyl adjacent to an activating group) is 1. The summed E-state index contributed by atoms with van der Waals surface area (Å²) in [6.07, 6.45) is -5.15. The molecule has 1 aromatic carbocycles. The molecule has 33 heavy (non-hydrogen) atoms. The number of benzene rings is 1. The van der Waals surface area contributed by atoms with Crippen molar-refractivity contribution >= 4 is 22.5 Å². The van der Waals surface area contributed by atoms with Gasteiger partial charge in [0.15, 0.2) is 0 Å². The Morgan fingerprint density at radius 2 is 2.30 bits per heavy atom. The SMILES string of the molecule is [2H]C([2H])(NC(=O)[C@]12CN(c3ccc(C#N)c4ncccc34)C[C@@]1(C(F)(F)F)C2)[C@H]1CN(C([2H])([2H])[2H])CCO1. The molecule has 1 aromatic heterocycles. The highest BCUT2D eigenvalue weighted by Crippen LogP contribution is 2.75. The number of carbonyl (C=O) groups is 1. The van der Waals surface area contributed by atoms with E-state index in [2.05, 4.69) is 10.3 Å². The van der Waals surface area contributed by atoms with Crippen molar-refractivity contribution in [1.82, 2.24) is 15.2 Å². The predicted octanol–water partition coefficient (Wildman–Crippen LogP) is 2.31. The molecule has 0 bridgehead atoms. The Labute approximate surface area is 196 Å². The number of fused-ring (bicyclic) bond motifs is 2. The average Bonchev–Trinajstić information content (AvgIpc) is 3.40. The van der Waals surface area contributed by atoms with Crippen LogP contribution < -0.4 is 10.2 Å². The third kappa shape index (κ3) is 3.33. The minimum atomic E-state index is -4.74. The quantitative estimate of drug-likeness (QED) is 0.748. The van der Waals surface area contributed by atoms with Crippen LogP contribution in [0.1, 0.15) is 18.8 Å². The highest BCUT2D eigenvalue weighted by Gasteiger charge is 2.86. The zero-order chi connectivity index (χ0) is 27.7. The first-order valence-electron chi connectivity index (χ1n) is 12.9. The van der Waals surface area contributed by atoms with Crippen LogP contribution in [-0.2, 0) is 9.53 Å². The van der Waals surface area contributed by atoms with Gasteiger partial charge < -0.3 is 19.9 Å². The van der Waals surface area contributed by atoms with Crippen LogP contribution in [0.25, 0.3) is 10.9 Å². The van der Waals surface area contributed by atoms with Crippen LogP contribution in [0.2, 0.25) is 0 Å². The van der Waals surface area contributed by atoms with Crippen molar-refractivity contribution in [3.8, 4) is 6.07 Å². The van der Waals surface area contributed by atoms with E-state index >= 15 is 0 Å². The standard InChI is InChI=1S/C23H24F3N5O2/c1-30-7-8-33-16(11-30)10-29-20(32)21-12-22(21,23(24,25)26)14-31(13-21)18-5-4-15(9-27)19-17(18)3-2-6-28-19/h2-6,16H,7-8,10-14H2,1H3,(H,29,32)/t16-,21-,22-/m0/s1/i1D3,10D2. The Bertz CT molecular complexity index is 1330. The molecule has 7 nitrogen and oxygen atoms in total. The zero-order valence-corrected chi connectivity index (χ0v) is 17.4. The number of nitrogens with one attached hydrogen (secondary N) is 1. The lowest BCUT2D eigenvalue weighted by Gasteiger charge is -2.30. The number of hydrogen-bond acceptors (Lipinski definition) is 6. The molecule has 1 amide bonds. The molecule has 0 unspecified atom stereocenters. The second-order valence-corrected chi connectivity index (χ2v) is 8.74. The van der Waals surface area contributed by atoms with Gasteiger partial charge in [0, 0.05) is 54.1 Å². The summed E-state index contributed by atoms with van der Waals surface area (Å²) in [7, 11) is 0. The summed E-state index contributed by atoms with van der Waals surface area (Å²) in [5.74, 6) is -1.10. The summed E-state index contributed by atoms with van der Waals surface area (Å²) in [5, 5.41) is 12.0. The van der Waals surface area contributed by atoms with Crippen molar-refractivity contribution in [2.24, 2.45) is 10.8 Å². The number of alkyl halides is 3. The number of nitrogens with zero attached hydrogens (tertiary/aromatic N) is 4. The van der Waals surface area contributed by atoms with Crippen LogP contribution in [0.15, 0.2) is 30.5 Å². The average molecular weight is 465 g/mol. The van der Waals surface area contributed by atoms with Crippen molar-refractivity contribution in [2.75, 3.05) is 51.2 Å². The topological polar surface area (TPSA) is 81.5 Å². The fourth-order valence-electron chi connectivity index (χ4n) is 5.12. The minimum Gasteiger partial charge on any atom is -0.374 e. The summed E-state index contributed by atoms with van der Waals surface area (Å²) >= 11 is 0. The Hall–Kier alpha value is -2.90. The number of halogens is 3. The van der Waals surface area contributed by atoms with Gasteiger partial charge in [-0.3, -0.25) is 9.78 Å². The summed E-state index contributed by atoms with van der Waals surface area (Å²) in [5.41, 5.74) is -3.35. The Morgan fingerprint density at radius 1 is 1.45 bits per heavy atom. The van der Waals surface area contributed by atoms with Crippen molar-refractivity contribution in [3.63, 3.8) is 0 Å². The largest absolute Gasteiger partial charge is 0.397 e.